The SMILES string of the molecule is C[C@H]1CCCCN1C(=O)NC[C@@H](c1cccs1)c1c[nH]c2ccccc12. The maximum atomic E-state index is 12.7. The van der Waals surface area contributed by atoms with Crippen LogP contribution in [0.5, 0.6) is 0 Å². The van der Waals surface area contributed by atoms with Gasteiger partial charge >= 0.3 is 6.03 Å². The number of carbonyl (C=O) groups is 1. The Labute approximate surface area is 158 Å². The Morgan fingerprint density at radius 2 is 2.19 bits per heavy atom. The number of H-pyrrole nitrogens is 1. The zero-order valence-corrected chi connectivity index (χ0v) is 15.9. The van der Waals surface area contributed by atoms with E-state index in [1.54, 1.807) is 11.3 Å². The predicted octanol–water partition coefficient (Wildman–Crippen LogP) is 4.95. The summed E-state index contributed by atoms with van der Waals surface area (Å²) in [6.07, 6.45) is 5.52. The second kappa shape index (κ2) is 7.54. The third-order valence-corrected chi connectivity index (χ3v) is 6.39. The normalized spacial score (nSPS) is 18.8. The number of benzene rings is 1. The zero-order chi connectivity index (χ0) is 17.9. The van der Waals surface area contributed by atoms with E-state index in [-0.39, 0.29) is 11.9 Å². The van der Waals surface area contributed by atoms with Gasteiger partial charge in [0.2, 0.25) is 0 Å². The average Bonchev–Trinajstić information content (AvgIpc) is 3.33. The predicted molar refractivity (Wildman–Crippen MR) is 108 cm³/mol. The van der Waals surface area contributed by atoms with Crippen molar-refractivity contribution in [3.05, 3.63) is 58.4 Å². The Kier molecular flexibility index (Phi) is 4.98. The van der Waals surface area contributed by atoms with Crippen molar-refractivity contribution in [3.8, 4) is 0 Å². The number of rotatable bonds is 4. The monoisotopic (exact) mass is 367 g/mol. The van der Waals surface area contributed by atoms with E-state index >= 15 is 0 Å². The van der Waals surface area contributed by atoms with Crippen LogP contribution in [0.25, 0.3) is 10.9 Å². The van der Waals surface area contributed by atoms with Crippen molar-refractivity contribution in [2.24, 2.45) is 0 Å². The average molecular weight is 368 g/mol. The maximum Gasteiger partial charge on any atom is 0.317 e. The summed E-state index contributed by atoms with van der Waals surface area (Å²) in [7, 11) is 0. The smallest absolute Gasteiger partial charge is 0.317 e. The van der Waals surface area contributed by atoms with Crippen LogP contribution in [0.3, 0.4) is 0 Å². The summed E-state index contributed by atoms with van der Waals surface area (Å²) in [5.74, 6) is 0.162. The van der Waals surface area contributed by atoms with Crippen molar-refractivity contribution in [2.75, 3.05) is 13.1 Å². The third kappa shape index (κ3) is 3.36. The van der Waals surface area contributed by atoms with E-state index in [2.05, 4.69) is 59.1 Å². The van der Waals surface area contributed by atoms with Gasteiger partial charge < -0.3 is 15.2 Å². The minimum absolute atomic E-state index is 0.0681. The number of piperidine rings is 1. The van der Waals surface area contributed by atoms with Crippen LogP contribution >= 0.6 is 11.3 Å². The topological polar surface area (TPSA) is 48.1 Å². The molecule has 1 aliphatic rings. The van der Waals surface area contributed by atoms with Gasteiger partial charge in [-0.25, -0.2) is 4.79 Å². The molecule has 2 N–H and O–H groups in total. The van der Waals surface area contributed by atoms with Gasteiger partial charge in [-0.1, -0.05) is 24.3 Å². The number of aromatic amines is 1. The molecular formula is C21H25N3OS. The fourth-order valence-corrected chi connectivity index (χ4v) is 4.77. The fraction of sp³-hybridized carbons (Fsp3) is 0.381. The molecule has 2 amide bonds. The first-order valence-electron chi connectivity index (χ1n) is 9.38. The van der Waals surface area contributed by atoms with Gasteiger partial charge in [-0.2, -0.15) is 0 Å². The highest BCUT2D eigenvalue weighted by atomic mass is 32.1. The molecule has 0 radical (unpaired) electrons. The number of hydrogen-bond acceptors (Lipinski definition) is 2. The Morgan fingerprint density at radius 3 is 3.00 bits per heavy atom. The first kappa shape index (κ1) is 17.2. The number of hydrogen-bond donors (Lipinski definition) is 2. The van der Waals surface area contributed by atoms with Crippen LogP contribution < -0.4 is 5.32 Å². The molecule has 5 heteroatoms. The lowest BCUT2D eigenvalue weighted by Gasteiger charge is -2.33. The molecule has 2 aromatic heterocycles. The number of carbonyl (C=O) groups excluding carboxylic acids is 1. The number of likely N-dealkylation sites (tertiary alicyclic amines) is 1. The van der Waals surface area contributed by atoms with Crippen LogP contribution in [-0.2, 0) is 0 Å². The fourth-order valence-electron chi connectivity index (χ4n) is 3.93. The van der Waals surface area contributed by atoms with Gasteiger partial charge in [0.25, 0.3) is 0 Å². The zero-order valence-electron chi connectivity index (χ0n) is 15.1. The van der Waals surface area contributed by atoms with Gasteiger partial charge in [0, 0.05) is 47.0 Å². The van der Waals surface area contributed by atoms with Gasteiger partial charge in [-0.15, -0.1) is 11.3 Å². The highest BCUT2D eigenvalue weighted by Gasteiger charge is 2.25. The summed E-state index contributed by atoms with van der Waals surface area (Å²) in [5.41, 5.74) is 2.38. The summed E-state index contributed by atoms with van der Waals surface area (Å²) in [6, 6.07) is 13.0. The third-order valence-electron chi connectivity index (χ3n) is 5.40. The van der Waals surface area contributed by atoms with Crippen LogP contribution in [0.4, 0.5) is 4.79 Å². The van der Waals surface area contributed by atoms with Gasteiger partial charge in [0.15, 0.2) is 0 Å². The second-order valence-corrected chi connectivity index (χ2v) is 8.06. The van der Waals surface area contributed by atoms with E-state index in [9.17, 15) is 4.79 Å². The number of thiophene rings is 1. The van der Waals surface area contributed by atoms with Gasteiger partial charge in [-0.3, -0.25) is 0 Å². The molecule has 1 saturated heterocycles. The minimum Gasteiger partial charge on any atom is -0.361 e. The number of fused-ring (bicyclic) bond motifs is 1. The molecule has 1 fully saturated rings. The molecule has 0 spiro atoms. The Hall–Kier alpha value is -2.27. The maximum absolute atomic E-state index is 12.7. The summed E-state index contributed by atoms with van der Waals surface area (Å²) in [5, 5.41) is 6.54. The Bertz CT molecular complexity index is 870. The van der Waals surface area contributed by atoms with E-state index < -0.39 is 0 Å². The van der Waals surface area contributed by atoms with Gasteiger partial charge in [0.05, 0.1) is 0 Å². The van der Waals surface area contributed by atoms with Crippen LogP contribution in [0, 0.1) is 0 Å². The quantitative estimate of drug-likeness (QED) is 0.674. The summed E-state index contributed by atoms with van der Waals surface area (Å²) < 4.78 is 0. The molecule has 2 atom stereocenters. The van der Waals surface area contributed by atoms with Crippen molar-refractivity contribution in [1.82, 2.24) is 15.2 Å². The number of amides is 2. The molecule has 4 rings (SSSR count). The van der Waals surface area contributed by atoms with Crippen LogP contribution in [0.2, 0.25) is 0 Å². The van der Waals surface area contributed by atoms with Gasteiger partial charge in [0.1, 0.15) is 0 Å². The highest BCUT2D eigenvalue weighted by Crippen LogP contribution is 2.33. The number of urea groups is 1. The number of nitrogens with one attached hydrogen (secondary N) is 2. The Balaban J connectivity index is 1.56. The summed E-state index contributed by atoms with van der Waals surface area (Å²) >= 11 is 1.75. The molecule has 0 bridgehead atoms. The molecule has 3 heterocycles. The van der Waals surface area contributed by atoms with E-state index in [0.29, 0.717) is 12.6 Å². The number of aromatic nitrogens is 1. The molecule has 136 valence electrons. The van der Waals surface area contributed by atoms with E-state index in [1.165, 1.54) is 22.2 Å². The standard InChI is InChI=1S/C21H25N3OS/c1-15-7-4-5-11-24(15)21(25)23-14-18(20-10-6-12-26-20)17-13-22-19-9-3-2-8-16(17)19/h2-3,6,8-10,12-13,15,18,22H,4-5,7,11,14H2,1H3,(H,23,25)/t15-,18+/m0/s1. The van der Waals surface area contributed by atoms with E-state index in [0.717, 1.165) is 24.9 Å². The lowest BCUT2D eigenvalue weighted by molar-refractivity contribution is 0.158. The summed E-state index contributed by atoms with van der Waals surface area (Å²) in [4.78, 5) is 19.4. The molecule has 0 unspecified atom stereocenters. The van der Waals surface area contributed by atoms with Crippen LogP contribution in [-0.4, -0.2) is 35.0 Å². The molecule has 0 saturated carbocycles. The van der Waals surface area contributed by atoms with Crippen molar-refractivity contribution in [3.63, 3.8) is 0 Å². The first-order valence-corrected chi connectivity index (χ1v) is 10.3. The largest absolute Gasteiger partial charge is 0.361 e. The molecule has 1 aliphatic heterocycles. The molecule has 0 aliphatic carbocycles. The number of para-hydroxylation sites is 1. The van der Waals surface area contributed by atoms with Crippen LogP contribution in [0.1, 0.15) is 42.5 Å². The van der Waals surface area contributed by atoms with Crippen molar-refractivity contribution < 1.29 is 4.79 Å². The molecule has 4 nitrogen and oxygen atoms in total. The summed E-state index contributed by atoms with van der Waals surface area (Å²) in [6.45, 7) is 3.63. The second-order valence-electron chi connectivity index (χ2n) is 7.08. The van der Waals surface area contributed by atoms with Crippen molar-refractivity contribution >= 4 is 28.3 Å². The van der Waals surface area contributed by atoms with Crippen molar-refractivity contribution in [2.45, 2.75) is 38.1 Å². The molecule has 1 aromatic carbocycles. The van der Waals surface area contributed by atoms with Crippen LogP contribution in [0.15, 0.2) is 48.0 Å². The highest BCUT2D eigenvalue weighted by molar-refractivity contribution is 7.10. The van der Waals surface area contributed by atoms with E-state index in [1.807, 2.05) is 11.0 Å². The lowest BCUT2D eigenvalue weighted by atomic mass is 9.96. The van der Waals surface area contributed by atoms with E-state index in [4.69, 9.17) is 0 Å². The molecular weight excluding hydrogens is 342 g/mol. The molecule has 26 heavy (non-hydrogen) atoms. The first-order chi connectivity index (χ1) is 12.7. The lowest BCUT2D eigenvalue weighted by Crippen LogP contribution is -2.48. The number of nitrogens with zero attached hydrogens (tertiary/aromatic N) is 1. The molecule has 3 aromatic rings. The Morgan fingerprint density at radius 1 is 1.31 bits per heavy atom. The van der Waals surface area contributed by atoms with Crippen molar-refractivity contribution in [1.29, 1.82) is 0 Å². The minimum atomic E-state index is 0.0681. The van der Waals surface area contributed by atoms with Gasteiger partial charge in [-0.05, 0) is 49.3 Å².